The summed E-state index contributed by atoms with van der Waals surface area (Å²) in [6, 6.07) is 17.2. The second-order valence-corrected chi connectivity index (χ2v) is 11.6. The third kappa shape index (κ3) is 7.59. The second-order valence-electron chi connectivity index (χ2n) is 9.76. The van der Waals surface area contributed by atoms with E-state index in [1.807, 2.05) is 20.8 Å². The standard InChI is InChI=1S/C30H36FN3O5S/c1-6-28(30(36)32-21(2)3)33(19-23-9-15-26(39-5)16-10-23)29(35)20-34(25-13-7-22(4)8-14-25)40(37,38)27-17-11-24(31)12-18-27/h7-18,21,28H,6,19-20H2,1-5H3,(H,32,36)/t28-/m0/s1. The minimum atomic E-state index is -4.26. The molecule has 0 aliphatic heterocycles. The van der Waals surface area contributed by atoms with Gasteiger partial charge in [-0.05, 0) is 81.3 Å². The summed E-state index contributed by atoms with van der Waals surface area (Å²) in [6.07, 6.45) is 0.315. The number of carbonyl (C=O) groups is 2. The molecule has 0 bridgehead atoms. The number of carbonyl (C=O) groups excluding carboxylic acids is 2. The van der Waals surface area contributed by atoms with E-state index >= 15 is 0 Å². The van der Waals surface area contributed by atoms with Gasteiger partial charge in [-0.1, -0.05) is 36.8 Å². The second kappa shape index (κ2) is 13.4. The maximum Gasteiger partial charge on any atom is 0.264 e. The molecule has 214 valence electrons. The average Bonchev–Trinajstić information content (AvgIpc) is 2.92. The minimum Gasteiger partial charge on any atom is -0.497 e. The molecule has 3 aromatic carbocycles. The van der Waals surface area contributed by atoms with Gasteiger partial charge >= 0.3 is 0 Å². The fraction of sp³-hybridized carbons (Fsp3) is 0.333. The van der Waals surface area contributed by atoms with Gasteiger partial charge in [-0.25, -0.2) is 12.8 Å². The molecule has 0 saturated carbocycles. The number of rotatable bonds is 12. The molecular formula is C30H36FN3O5S. The maximum atomic E-state index is 14.0. The lowest BCUT2D eigenvalue weighted by atomic mass is 10.1. The fourth-order valence-corrected chi connectivity index (χ4v) is 5.62. The Bertz CT molecular complexity index is 1390. The van der Waals surface area contributed by atoms with E-state index in [9.17, 15) is 22.4 Å². The first-order valence-electron chi connectivity index (χ1n) is 13.0. The lowest BCUT2D eigenvalue weighted by Crippen LogP contribution is -2.53. The first kappa shape index (κ1) is 30.6. The van der Waals surface area contributed by atoms with E-state index in [0.29, 0.717) is 12.2 Å². The third-order valence-corrected chi connectivity index (χ3v) is 8.12. The van der Waals surface area contributed by atoms with Gasteiger partial charge in [0.1, 0.15) is 24.2 Å². The number of sulfonamides is 1. The highest BCUT2D eigenvalue weighted by Gasteiger charge is 2.33. The van der Waals surface area contributed by atoms with Crippen molar-refractivity contribution in [3.63, 3.8) is 0 Å². The summed E-state index contributed by atoms with van der Waals surface area (Å²) in [6.45, 7) is 6.83. The Morgan fingerprint density at radius 1 is 0.950 bits per heavy atom. The van der Waals surface area contributed by atoms with Crippen LogP contribution in [0, 0.1) is 12.7 Å². The van der Waals surface area contributed by atoms with Crippen LogP contribution < -0.4 is 14.4 Å². The molecule has 1 N–H and O–H groups in total. The van der Waals surface area contributed by atoms with Gasteiger partial charge in [0.2, 0.25) is 11.8 Å². The summed E-state index contributed by atoms with van der Waals surface area (Å²) in [5, 5.41) is 2.87. The number of nitrogens with zero attached hydrogens (tertiary/aromatic N) is 2. The van der Waals surface area contributed by atoms with Gasteiger partial charge in [0, 0.05) is 12.6 Å². The quantitative estimate of drug-likeness (QED) is 0.342. The van der Waals surface area contributed by atoms with Crippen LogP contribution in [0.4, 0.5) is 10.1 Å². The van der Waals surface area contributed by atoms with Crippen LogP contribution in [0.5, 0.6) is 5.75 Å². The first-order valence-corrected chi connectivity index (χ1v) is 14.5. The molecule has 2 amide bonds. The summed E-state index contributed by atoms with van der Waals surface area (Å²) in [7, 11) is -2.71. The van der Waals surface area contributed by atoms with E-state index in [1.165, 1.54) is 4.90 Å². The minimum absolute atomic E-state index is 0.0746. The van der Waals surface area contributed by atoms with Crippen molar-refractivity contribution < 1.29 is 27.1 Å². The molecule has 0 aromatic heterocycles. The van der Waals surface area contributed by atoms with Gasteiger partial charge in [0.25, 0.3) is 10.0 Å². The molecule has 0 fully saturated rings. The molecule has 1 atom stereocenters. The van der Waals surface area contributed by atoms with Crippen LogP contribution in [-0.4, -0.2) is 50.9 Å². The molecule has 40 heavy (non-hydrogen) atoms. The van der Waals surface area contributed by atoms with Crippen molar-refractivity contribution >= 4 is 27.5 Å². The van der Waals surface area contributed by atoms with Crippen LogP contribution >= 0.6 is 0 Å². The Kier molecular flexibility index (Phi) is 10.3. The number of amides is 2. The summed E-state index contributed by atoms with van der Waals surface area (Å²) in [4.78, 5) is 28.4. The number of benzene rings is 3. The molecule has 0 aliphatic rings. The molecule has 3 rings (SSSR count). The molecule has 0 heterocycles. The molecule has 0 aliphatic carbocycles. The topological polar surface area (TPSA) is 96.0 Å². The smallest absolute Gasteiger partial charge is 0.264 e. The van der Waals surface area contributed by atoms with Crippen molar-refractivity contribution in [2.75, 3.05) is 18.0 Å². The molecule has 0 unspecified atom stereocenters. The molecule has 10 heteroatoms. The molecule has 0 spiro atoms. The maximum absolute atomic E-state index is 14.0. The number of nitrogens with one attached hydrogen (secondary N) is 1. The molecule has 0 radical (unpaired) electrons. The monoisotopic (exact) mass is 569 g/mol. The van der Waals surface area contributed by atoms with Gasteiger partial charge in [-0.2, -0.15) is 0 Å². The van der Waals surface area contributed by atoms with Crippen molar-refractivity contribution in [3.05, 3.63) is 89.7 Å². The highest BCUT2D eigenvalue weighted by molar-refractivity contribution is 7.92. The number of hydrogen-bond acceptors (Lipinski definition) is 5. The Morgan fingerprint density at radius 2 is 1.55 bits per heavy atom. The SMILES string of the molecule is CC[C@@H](C(=O)NC(C)C)N(Cc1ccc(OC)cc1)C(=O)CN(c1ccc(C)cc1)S(=O)(=O)c1ccc(F)cc1. The summed E-state index contributed by atoms with van der Waals surface area (Å²) < 4.78 is 47.4. The zero-order valence-corrected chi connectivity index (χ0v) is 24.2. The van der Waals surface area contributed by atoms with E-state index in [1.54, 1.807) is 62.6 Å². The Hall–Kier alpha value is -3.92. The Morgan fingerprint density at radius 3 is 2.08 bits per heavy atom. The van der Waals surface area contributed by atoms with Crippen LogP contribution in [0.25, 0.3) is 0 Å². The van der Waals surface area contributed by atoms with Crippen LogP contribution in [0.1, 0.15) is 38.3 Å². The predicted molar refractivity (Wildman–Crippen MR) is 153 cm³/mol. The van der Waals surface area contributed by atoms with Crippen LogP contribution in [0.2, 0.25) is 0 Å². The van der Waals surface area contributed by atoms with E-state index in [-0.39, 0.29) is 29.1 Å². The van der Waals surface area contributed by atoms with Crippen molar-refractivity contribution in [1.82, 2.24) is 10.2 Å². The van der Waals surface area contributed by atoms with Gasteiger partial charge in [0.05, 0.1) is 17.7 Å². The van der Waals surface area contributed by atoms with Crippen molar-refractivity contribution in [3.8, 4) is 5.75 Å². The third-order valence-electron chi connectivity index (χ3n) is 6.33. The Balaban J connectivity index is 2.05. The zero-order valence-electron chi connectivity index (χ0n) is 23.4. The van der Waals surface area contributed by atoms with Crippen molar-refractivity contribution in [2.45, 2.75) is 57.6 Å². The summed E-state index contributed by atoms with van der Waals surface area (Å²) in [5.41, 5.74) is 1.92. The highest BCUT2D eigenvalue weighted by atomic mass is 32.2. The summed E-state index contributed by atoms with van der Waals surface area (Å²) >= 11 is 0. The normalized spacial score (nSPS) is 12.1. The number of halogens is 1. The molecule has 3 aromatic rings. The van der Waals surface area contributed by atoms with E-state index in [0.717, 1.165) is 39.7 Å². The number of anilines is 1. The summed E-state index contributed by atoms with van der Waals surface area (Å²) in [5.74, 6) is -0.831. The van der Waals surface area contributed by atoms with Gasteiger partial charge in [0.15, 0.2) is 0 Å². The molecular weight excluding hydrogens is 533 g/mol. The number of aryl methyl sites for hydroxylation is 1. The van der Waals surface area contributed by atoms with E-state index in [2.05, 4.69) is 5.32 Å². The molecule has 0 saturated heterocycles. The highest BCUT2D eigenvalue weighted by Crippen LogP contribution is 2.26. The van der Waals surface area contributed by atoms with E-state index < -0.39 is 34.3 Å². The predicted octanol–water partition coefficient (Wildman–Crippen LogP) is 4.67. The lowest BCUT2D eigenvalue weighted by molar-refractivity contribution is -0.140. The number of methoxy groups -OCH3 is 1. The van der Waals surface area contributed by atoms with Crippen molar-refractivity contribution in [1.29, 1.82) is 0 Å². The van der Waals surface area contributed by atoms with Gasteiger partial charge in [-0.15, -0.1) is 0 Å². The van der Waals surface area contributed by atoms with Gasteiger partial charge < -0.3 is 15.0 Å². The van der Waals surface area contributed by atoms with Crippen molar-refractivity contribution in [2.24, 2.45) is 0 Å². The lowest BCUT2D eigenvalue weighted by Gasteiger charge is -2.33. The largest absolute Gasteiger partial charge is 0.497 e. The fourth-order valence-electron chi connectivity index (χ4n) is 4.20. The Labute approximate surface area is 235 Å². The molecule has 8 nitrogen and oxygen atoms in total. The van der Waals surface area contributed by atoms with Crippen LogP contribution in [0.15, 0.2) is 77.7 Å². The average molecular weight is 570 g/mol. The first-order chi connectivity index (χ1) is 19.0. The van der Waals surface area contributed by atoms with Gasteiger partial charge in [-0.3, -0.25) is 13.9 Å². The van der Waals surface area contributed by atoms with Crippen LogP contribution in [0.3, 0.4) is 0 Å². The van der Waals surface area contributed by atoms with E-state index in [4.69, 9.17) is 4.74 Å². The van der Waals surface area contributed by atoms with Crippen LogP contribution in [-0.2, 0) is 26.2 Å². The number of ether oxygens (including phenoxy) is 1. The number of hydrogen-bond donors (Lipinski definition) is 1. The zero-order chi connectivity index (χ0) is 29.4.